The molecule has 28 heavy (non-hydrogen) atoms. The van der Waals surface area contributed by atoms with Gasteiger partial charge in [-0.3, -0.25) is 0 Å². The van der Waals surface area contributed by atoms with Gasteiger partial charge in [-0.2, -0.15) is 0 Å². The second-order valence-electron chi connectivity index (χ2n) is 7.13. The summed E-state index contributed by atoms with van der Waals surface area (Å²) in [7, 11) is 0. The van der Waals surface area contributed by atoms with E-state index in [4.69, 9.17) is 9.15 Å². The normalized spacial score (nSPS) is 14.6. The van der Waals surface area contributed by atoms with Crippen LogP contribution >= 0.6 is 0 Å². The van der Waals surface area contributed by atoms with E-state index in [0.29, 0.717) is 28.7 Å². The largest absolute Gasteiger partial charge is 0.508 e. The molecule has 1 N–H and O–H groups in total. The lowest BCUT2D eigenvalue weighted by Gasteiger charge is -2.15. The SMILES string of the molecule is CCOC(=O)c1c(-c2ccccc2)oc2ccc(O)c(CCN3CCCC3)c12. The van der Waals surface area contributed by atoms with Crippen LogP contribution < -0.4 is 0 Å². The van der Waals surface area contributed by atoms with Crippen molar-refractivity contribution in [1.82, 2.24) is 4.90 Å². The number of ether oxygens (including phenoxy) is 1. The van der Waals surface area contributed by atoms with Gasteiger partial charge in [-0.05, 0) is 51.4 Å². The summed E-state index contributed by atoms with van der Waals surface area (Å²) in [5.41, 5.74) is 2.55. The Kier molecular flexibility index (Phi) is 5.35. The minimum Gasteiger partial charge on any atom is -0.508 e. The molecule has 0 amide bonds. The van der Waals surface area contributed by atoms with Crippen LogP contribution in [0.1, 0.15) is 35.7 Å². The molecule has 5 heteroatoms. The maximum Gasteiger partial charge on any atom is 0.342 e. The number of fused-ring (bicyclic) bond motifs is 1. The Morgan fingerprint density at radius 3 is 2.61 bits per heavy atom. The van der Waals surface area contributed by atoms with Crippen molar-refractivity contribution in [2.75, 3.05) is 26.2 Å². The van der Waals surface area contributed by atoms with Gasteiger partial charge in [0.25, 0.3) is 0 Å². The smallest absolute Gasteiger partial charge is 0.342 e. The number of carbonyl (C=O) groups excluding carboxylic acids is 1. The Bertz CT molecular complexity index is 971. The molecule has 0 atom stereocenters. The highest BCUT2D eigenvalue weighted by Crippen LogP contribution is 2.39. The molecule has 0 saturated carbocycles. The zero-order valence-electron chi connectivity index (χ0n) is 16.1. The number of rotatable bonds is 6. The van der Waals surface area contributed by atoms with Gasteiger partial charge in [0.15, 0.2) is 0 Å². The van der Waals surface area contributed by atoms with Crippen LogP contribution in [-0.4, -0.2) is 42.2 Å². The molecule has 1 fully saturated rings. The fourth-order valence-electron chi connectivity index (χ4n) is 3.97. The highest BCUT2D eigenvalue weighted by Gasteiger charge is 2.27. The number of phenolic OH excluding ortho intramolecular Hbond substituents is 1. The Labute approximate surface area is 164 Å². The summed E-state index contributed by atoms with van der Waals surface area (Å²) in [6.07, 6.45) is 3.09. The van der Waals surface area contributed by atoms with Gasteiger partial charge in [-0.15, -0.1) is 0 Å². The van der Waals surface area contributed by atoms with Gasteiger partial charge in [-0.1, -0.05) is 30.3 Å². The third-order valence-corrected chi connectivity index (χ3v) is 5.33. The van der Waals surface area contributed by atoms with Crippen molar-refractivity contribution < 1.29 is 19.1 Å². The van der Waals surface area contributed by atoms with Crippen LogP contribution in [0.25, 0.3) is 22.3 Å². The van der Waals surface area contributed by atoms with E-state index in [1.165, 1.54) is 12.8 Å². The molecule has 0 bridgehead atoms. The van der Waals surface area contributed by atoms with Crippen molar-refractivity contribution in [3.05, 3.63) is 53.6 Å². The second-order valence-corrected chi connectivity index (χ2v) is 7.13. The number of benzene rings is 2. The van der Waals surface area contributed by atoms with E-state index < -0.39 is 5.97 Å². The lowest BCUT2D eigenvalue weighted by atomic mass is 9.99. The molecule has 0 aliphatic carbocycles. The summed E-state index contributed by atoms with van der Waals surface area (Å²) >= 11 is 0. The van der Waals surface area contributed by atoms with Crippen LogP contribution in [0.4, 0.5) is 0 Å². The van der Waals surface area contributed by atoms with Gasteiger partial charge in [-0.25, -0.2) is 4.79 Å². The van der Waals surface area contributed by atoms with E-state index in [2.05, 4.69) is 4.90 Å². The molecule has 1 aromatic heterocycles. The van der Waals surface area contributed by atoms with Gasteiger partial charge < -0.3 is 19.2 Å². The number of hydrogen-bond donors (Lipinski definition) is 1. The van der Waals surface area contributed by atoms with E-state index in [-0.39, 0.29) is 12.4 Å². The van der Waals surface area contributed by atoms with Crippen molar-refractivity contribution in [2.45, 2.75) is 26.2 Å². The van der Waals surface area contributed by atoms with Crippen molar-refractivity contribution in [3.63, 3.8) is 0 Å². The standard InChI is InChI=1S/C23H25NO4/c1-2-27-23(26)21-20-17(12-15-24-13-6-7-14-24)18(25)10-11-19(20)28-22(21)16-8-4-3-5-9-16/h3-5,8-11,25H,2,6-7,12-15H2,1H3. The Hall–Kier alpha value is -2.79. The lowest BCUT2D eigenvalue weighted by molar-refractivity contribution is 0.0528. The first-order chi connectivity index (χ1) is 13.7. The van der Waals surface area contributed by atoms with E-state index >= 15 is 0 Å². The maximum atomic E-state index is 12.9. The van der Waals surface area contributed by atoms with E-state index in [1.807, 2.05) is 30.3 Å². The molecule has 0 spiro atoms. The summed E-state index contributed by atoms with van der Waals surface area (Å²) in [5, 5.41) is 11.2. The van der Waals surface area contributed by atoms with Gasteiger partial charge in [0.1, 0.15) is 22.7 Å². The molecule has 1 saturated heterocycles. The van der Waals surface area contributed by atoms with Crippen molar-refractivity contribution in [3.8, 4) is 17.1 Å². The maximum absolute atomic E-state index is 12.9. The number of phenols is 1. The fourth-order valence-corrected chi connectivity index (χ4v) is 3.97. The zero-order chi connectivity index (χ0) is 19.5. The Balaban J connectivity index is 1.85. The topological polar surface area (TPSA) is 62.9 Å². The molecular formula is C23H25NO4. The van der Waals surface area contributed by atoms with Crippen LogP contribution in [0.3, 0.4) is 0 Å². The van der Waals surface area contributed by atoms with Crippen LogP contribution in [0.2, 0.25) is 0 Å². The molecule has 0 radical (unpaired) electrons. The molecule has 2 aromatic carbocycles. The van der Waals surface area contributed by atoms with Crippen LogP contribution in [0, 0.1) is 0 Å². The molecule has 0 unspecified atom stereocenters. The Morgan fingerprint density at radius 2 is 1.89 bits per heavy atom. The highest BCUT2D eigenvalue weighted by molar-refractivity contribution is 6.10. The first-order valence-corrected chi connectivity index (χ1v) is 9.91. The average Bonchev–Trinajstić information content (AvgIpc) is 3.36. The van der Waals surface area contributed by atoms with Crippen molar-refractivity contribution in [1.29, 1.82) is 0 Å². The molecule has 2 heterocycles. The molecule has 1 aliphatic heterocycles. The average molecular weight is 379 g/mol. The third kappa shape index (κ3) is 3.50. The monoisotopic (exact) mass is 379 g/mol. The van der Waals surface area contributed by atoms with Gasteiger partial charge in [0, 0.05) is 23.1 Å². The Morgan fingerprint density at radius 1 is 1.14 bits per heavy atom. The van der Waals surface area contributed by atoms with Crippen molar-refractivity contribution in [2.24, 2.45) is 0 Å². The molecule has 146 valence electrons. The molecule has 3 aromatic rings. The lowest BCUT2D eigenvalue weighted by Crippen LogP contribution is -2.22. The molecule has 1 aliphatic rings. The second kappa shape index (κ2) is 8.07. The van der Waals surface area contributed by atoms with Crippen molar-refractivity contribution >= 4 is 16.9 Å². The van der Waals surface area contributed by atoms with Gasteiger partial charge in [0.05, 0.1) is 6.61 Å². The predicted octanol–water partition coefficient (Wildman–Crippen LogP) is 4.62. The molecule has 5 nitrogen and oxygen atoms in total. The minimum atomic E-state index is -0.423. The van der Waals surface area contributed by atoms with E-state index in [1.54, 1.807) is 19.1 Å². The summed E-state index contributed by atoms with van der Waals surface area (Å²) in [6, 6.07) is 12.9. The number of carbonyl (C=O) groups is 1. The van der Waals surface area contributed by atoms with Crippen LogP contribution in [-0.2, 0) is 11.2 Å². The number of hydrogen-bond acceptors (Lipinski definition) is 5. The fraction of sp³-hybridized carbons (Fsp3) is 0.348. The van der Waals surface area contributed by atoms with E-state index in [9.17, 15) is 9.90 Å². The number of aromatic hydroxyl groups is 1. The first kappa shape index (κ1) is 18.6. The summed E-state index contributed by atoms with van der Waals surface area (Å²) in [6.45, 7) is 5.08. The first-order valence-electron chi connectivity index (χ1n) is 9.91. The third-order valence-electron chi connectivity index (χ3n) is 5.33. The number of nitrogens with zero attached hydrogens (tertiary/aromatic N) is 1. The van der Waals surface area contributed by atoms with Gasteiger partial charge in [0.2, 0.25) is 0 Å². The van der Waals surface area contributed by atoms with Crippen LogP contribution in [0.15, 0.2) is 46.9 Å². The molecule has 4 rings (SSSR count). The predicted molar refractivity (Wildman–Crippen MR) is 109 cm³/mol. The summed E-state index contributed by atoms with van der Waals surface area (Å²) < 4.78 is 11.4. The quantitative estimate of drug-likeness (QED) is 0.633. The number of likely N-dealkylation sites (tertiary alicyclic amines) is 1. The summed E-state index contributed by atoms with van der Waals surface area (Å²) in [4.78, 5) is 15.3. The molecular weight excluding hydrogens is 354 g/mol. The zero-order valence-corrected chi connectivity index (χ0v) is 16.1. The van der Waals surface area contributed by atoms with Gasteiger partial charge >= 0.3 is 5.97 Å². The number of furan rings is 1. The van der Waals surface area contributed by atoms with E-state index in [0.717, 1.165) is 30.8 Å². The minimum absolute atomic E-state index is 0.192. The number of esters is 1. The van der Waals surface area contributed by atoms with Crippen LogP contribution in [0.5, 0.6) is 5.75 Å². The summed E-state index contributed by atoms with van der Waals surface area (Å²) in [5.74, 6) is 0.257. The highest BCUT2D eigenvalue weighted by atomic mass is 16.5.